The molecule has 1 amide bonds. The molecule has 2 heterocycles. The number of rotatable bonds is 8. The zero-order valence-electron chi connectivity index (χ0n) is 14.2. The Kier molecular flexibility index (Phi) is 7.49. The molecule has 1 aliphatic rings. The summed E-state index contributed by atoms with van der Waals surface area (Å²) >= 11 is 1.67. The molecule has 1 aromatic heterocycles. The number of β-amino-alcohol motifs (C(OH)–C–C–N with tert-alkyl or cyclic N) is 1. The topological polar surface area (TPSA) is 55.8 Å². The Labute approximate surface area is 143 Å². The van der Waals surface area contributed by atoms with E-state index in [0.29, 0.717) is 12.5 Å². The number of hydrogen-bond donors (Lipinski definition) is 2. The van der Waals surface area contributed by atoms with E-state index < -0.39 is 0 Å². The van der Waals surface area contributed by atoms with E-state index in [-0.39, 0.29) is 18.6 Å². The number of carbonyl (C=O) groups excluding carboxylic acids is 1. The van der Waals surface area contributed by atoms with E-state index in [2.05, 4.69) is 21.2 Å². The van der Waals surface area contributed by atoms with Crippen molar-refractivity contribution in [2.24, 2.45) is 5.92 Å². The summed E-state index contributed by atoms with van der Waals surface area (Å²) in [6.45, 7) is 6.58. The molecule has 0 radical (unpaired) electrons. The maximum atomic E-state index is 12.2. The van der Waals surface area contributed by atoms with Gasteiger partial charge in [-0.3, -0.25) is 9.69 Å². The van der Waals surface area contributed by atoms with Crippen LogP contribution < -0.4 is 5.32 Å². The zero-order chi connectivity index (χ0) is 16.7. The van der Waals surface area contributed by atoms with Crippen LogP contribution in [0, 0.1) is 5.92 Å². The van der Waals surface area contributed by atoms with Gasteiger partial charge < -0.3 is 15.3 Å². The van der Waals surface area contributed by atoms with E-state index in [0.717, 1.165) is 39.0 Å². The van der Waals surface area contributed by atoms with Gasteiger partial charge in [-0.25, -0.2) is 0 Å². The molecule has 0 unspecified atom stereocenters. The highest BCUT2D eigenvalue weighted by Gasteiger charge is 2.21. The summed E-state index contributed by atoms with van der Waals surface area (Å²) in [6, 6.07) is 4.15. The second-order valence-electron chi connectivity index (χ2n) is 6.51. The Morgan fingerprint density at radius 3 is 2.87 bits per heavy atom. The van der Waals surface area contributed by atoms with Gasteiger partial charge in [0, 0.05) is 18.0 Å². The summed E-state index contributed by atoms with van der Waals surface area (Å²) in [5.41, 5.74) is 0. The van der Waals surface area contributed by atoms with Gasteiger partial charge in [-0.15, -0.1) is 11.3 Å². The third kappa shape index (κ3) is 6.22. The van der Waals surface area contributed by atoms with Crippen molar-refractivity contribution in [2.75, 3.05) is 46.4 Å². The largest absolute Gasteiger partial charge is 0.395 e. The maximum absolute atomic E-state index is 12.2. The molecule has 0 saturated carbocycles. The van der Waals surface area contributed by atoms with Crippen molar-refractivity contribution in [1.82, 2.24) is 15.1 Å². The highest BCUT2D eigenvalue weighted by molar-refractivity contribution is 7.10. The standard InChI is InChI=1S/C17H29N3O2S/c1-14(16-4-3-11-23-16)18-17(22)13-19(2)12-15-5-7-20(8-6-15)9-10-21/h3-4,11,14-15,21H,5-10,12-13H2,1-2H3,(H,18,22)/t14-/m0/s1. The lowest BCUT2D eigenvalue weighted by molar-refractivity contribution is -0.122. The number of amides is 1. The molecule has 6 heteroatoms. The Morgan fingerprint density at radius 2 is 2.26 bits per heavy atom. The van der Waals surface area contributed by atoms with E-state index in [1.165, 1.54) is 4.88 Å². The van der Waals surface area contributed by atoms with Gasteiger partial charge in [0.25, 0.3) is 0 Å². The second kappa shape index (κ2) is 9.37. The smallest absolute Gasteiger partial charge is 0.234 e. The third-order valence-corrected chi connectivity index (χ3v) is 5.51. The minimum atomic E-state index is 0.0811. The number of nitrogens with zero attached hydrogens (tertiary/aromatic N) is 2. The fourth-order valence-electron chi connectivity index (χ4n) is 3.18. The lowest BCUT2D eigenvalue weighted by Crippen LogP contribution is -2.41. The van der Waals surface area contributed by atoms with Crippen LogP contribution in [0.3, 0.4) is 0 Å². The van der Waals surface area contributed by atoms with Gasteiger partial charge in [0.15, 0.2) is 0 Å². The molecule has 1 fully saturated rings. The minimum Gasteiger partial charge on any atom is -0.395 e. The first-order chi connectivity index (χ1) is 11.1. The van der Waals surface area contributed by atoms with E-state index >= 15 is 0 Å². The van der Waals surface area contributed by atoms with Crippen molar-refractivity contribution in [3.63, 3.8) is 0 Å². The Bertz CT molecular complexity index is 458. The molecule has 1 atom stereocenters. The predicted molar refractivity (Wildman–Crippen MR) is 94.6 cm³/mol. The summed E-state index contributed by atoms with van der Waals surface area (Å²) < 4.78 is 0. The Hall–Kier alpha value is -0.950. The molecule has 1 aromatic rings. The lowest BCUT2D eigenvalue weighted by Gasteiger charge is -2.33. The zero-order valence-corrected chi connectivity index (χ0v) is 15.0. The first kappa shape index (κ1) is 18.4. The average Bonchev–Trinajstić information content (AvgIpc) is 3.03. The lowest BCUT2D eigenvalue weighted by atomic mass is 9.96. The van der Waals surface area contributed by atoms with Gasteiger partial charge in [-0.1, -0.05) is 6.07 Å². The highest BCUT2D eigenvalue weighted by Crippen LogP contribution is 2.19. The minimum absolute atomic E-state index is 0.0811. The van der Waals surface area contributed by atoms with Crippen molar-refractivity contribution >= 4 is 17.2 Å². The highest BCUT2D eigenvalue weighted by atomic mass is 32.1. The quantitative estimate of drug-likeness (QED) is 0.755. The SMILES string of the molecule is C[C@H](NC(=O)CN(C)CC1CCN(CCO)CC1)c1cccs1. The van der Waals surface area contributed by atoms with Gasteiger partial charge in [0.2, 0.25) is 5.91 Å². The first-order valence-corrected chi connectivity index (χ1v) is 9.31. The molecule has 0 spiro atoms. The molecule has 0 aromatic carbocycles. The van der Waals surface area contributed by atoms with Gasteiger partial charge >= 0.3 is 0 Å². The van der Waals surface area contributed by atoms with Crippen molar-refractivity contribution in [2.45, 2.75) is 25.8 Å². The van der Waals surface area contributed by atoms with Gasteiger partial charge in [0.05, 0.1) is 19.2 Å². The normalized spacial score (nSPS) is 18.3. The van der Waals surface area contributed by atoms with E-state index in [9.17, 15) is 4.79 Å². The number of aliphatic hydroxyl groups excluding tert-OH is 1. The summed E-state index contributed by atoms with van der Waals surface area (Å²) in [5, 5.41) is 14.1. The molecular formula is C17H29N3O2S. The van der Waals surface area contributed by atoms with Crippen LogP contribution in [0.1, 0.15) is 30.7 Å². The average molecular weight is 340 g/mol. The second-order valence-corrected chi connectivity index (χ2v) is 7.49. The van der Waals surface area contributed by atoms with Gasteiger partial charge in [-0.05, 0) is 57.3 Å². The number of likely N-dealkylation sites (N-methyl/N-ethyl adjacent to an activating group) is 1. The number of carbonyl (C=O) groups is 1. The molecule has 130 valence electrons. The molecule has 5 nitrogen and oxygen atoms in total. The number of piperidine rings is 1. The molecule has 1 saturated heterocycles. The molecule has 2 rings (SSSR count). The molecule has 1 aliphatic heterocycles. The van der Waals surface area contributed by atoms with Gasteiger partial charge in [-0.2, -0.15) is 0 Å². The number of aliphatic hydroxyl groups is 1. The Balaban J connectivity index is 1.66. The first-order valence-electron chi connectivity index (χ1n) is 8.43. The maximum Gasteiger partial charge on any atom is 0.234 e. The van der Waals surface area contributed by atoms with Crippen molar-refractivity contribution in [1.29, 1.82) is 0 Å². The van der Waals surface area contributed by atoms with Crippen LogP contribution in [0.2, 0.25) is 0 Å². The number of hydrogen-bond acceptors (Lipinski definition) is 5. The number of likely N-dealkylation sites (tertiary alicyclic amines) is 1. The molecule has 2 N–H and O–H groups in total. The number of nitrogens with one attached hydrogen (secondary N) is 1. The van der Waals surface area contributed by atoms with Crippen LogP contribution in [0.15, 0.2) is 17.5 Å². The van der Waals surface area contributed by atoms with E-state index in [4.69, 9.17) is 5.11 Å². The van der Waals surface area contributed by atoms with E-state index in [1.807, 2.05) is 25.4 Å². The van der Waals surface area contributed by atoms with Crippen LogP contribution in [-0.4, -0.2) is 67.2 Å². The molecule has 23 heavy (non-hydrogen) atoms. The van der Waals surface area contributed by atoms with Crippen LogP contribution in [0.25, 0.3) is 0 Å². The van der Waals surface area contributed by atoms with Crippen molar-refractivity contribution in [3.8, 4) is 0 Å². The summed E-state index contributed by atoms with van der Waals surface area (Å²) in [7, 11) is 2.02. The van der Waals surface area contributed by atoms with E-state index in [1.54, 1.807) is 11.3 Å². The van der Waals surface area contributed by atoms with Crippen LogP contribution >= 0.6 is 11.3 Å². The number of thiophene rings is 1. The fourth-order valence-corrected chi connectivity index (χ4v) is 3.91. The molecule has 0 aliphatic carbocycles. The van der Waals surface area contributed by atoms with Crippen molar-refractivity contribution in [3.05, 3.63) is 22.4 Å². The fraction of sp³-hybridized carbons (Fsp3) is 0.706. The summed E-state index contributed by atoms with van der Waals surface area (Å²) in [5.74, 6) is 0.739. The third-order valence-electron chi connectivity index (χ3n) is 4.45. The molecule has 0 bridgehead atoms. The van der Waals surface area contributed by atoms with Crippen LogP contribution in [-0.2, 0) is 4.79 Å². The summed E-state index contributed by atoms with van der Waals surface area (Å²) in [4.78, 5) is 17.8. The summed E-state index contributed by atoms with van der Waals surface area (Å²) in [6.07, 6.45) is 2.30. The predicted octanol–water partition coefficient (Wildman–Crippen LogP) is 1.56. The van der Waals surface area contributed by atoms with Crippen LogP contribution in [0.4, 0.5) is 0 Å². The van der Waals surface area contributed by atoms with Crippen molar-refractivity contribution < 1.29 is 9.90 Å². The van der Waals surface area contributed by atoms with Crippen LogP contribution in [0.5, 0.6) is 0 Å². The molecular weight excluding hydrogens is 310 g/mol. The van der Waals surface area contributed by atoms with Gasteiger partial charge in [0.1, 0.15) is 0 Å². The Morgan fingerprint density at radius 1 is 1.52 bits per heavy atom. The monoisotopic (exact) mass is 339 g/mol.